The van der Waals surface area contributed by atoms with Gasteiger partial charge < -0.3 is 19.3 Å². The van der Waals surface area contributed by atoms with Gasteiger partial charge in [0.2, 0.25) is 5.91 Å². The van der Waals surface area contributed by atoms with Crippen LogP contribution in [0.5, 0.6) is 0 Å². The molecule has 0 unspecified atom stereocenters. The number of hydrogen-bond donors (Lipinski definition) is 2. The summed E-state index contributed by atoms with van der Waals surface area (Å²) in [5, 5.41) is 13.1. The molecule has 0 spiro atoms. The van der Waals surface area contributed by atoms with Crippen LogP contribution in [-0.2, 0) is 16.0 Å². The lowest BCUT2D eigenvalue weighted by molar-refractivity contribution is -0.141. The van der Waals surface area contributed by atoms with Crippen LogP contribution in [0.1, 0.15) is 35.6 Å². The van der Waals surface area contributed by atoms with Gasteiger partial charge in [-0.2, -0.15) is 0 Å². The van der Waals surface area contributed by atoms with E-state index in [-0.39, 0.29) is 18.4 Å². The van der Waals surface area contributed by atoms with Crippen LogP contribution in [0.25, 0.3) is 21.9 Å². The first-order valence-corrected chi connectivity index (χ1v) is 8.70. The Bertz CT molecular complexity index is 1120. The number of furan rings is 1. The van der Waals surface area contributed by atoms with Crippen LogP contribution in [-0.4, -0.2) is 23.0 Å². The van der Waals surface area contributed by atoms with Crippen LogP contribution in [0.2, 0.25) is 0 Å². The predicted octanol–water partition coefficient (Wildman–Crippen LogP) is 2.99. The van der Waals surface area contributed by atoms with Gasteiger partial charge in [0.1, 0.15) is 17.2 Å². The van der Waals surface area contributed by atoms with Crippen LogP contribution in [0.3, 0.4) is 0 Å². The Morgan fingerprint density at radius 3 is 2.52 bits per heavy atom. The van der Waals surface area contributed by atoms with Crippen molar-refractivity contribution in [2.45, 2.75) is 46.6 Å². The molecular weight excluding hydrogens is 350 g/mol. The standard InChI is InChI=1S/C20H21NO6/c1-5-13(19(23)24)21-15(22)7-12-11(4)17-14(27-20(12)25)6-9(2)16-10(3)8-26-18(16)17/h6,8,13H,5,7H2,1-4H3,(H,21,22)(H,23,24)/t13-/m1/s1. The molecular formula is C20H21NO6. The third-order valence-corrected chi connectivity index (χ3v) is 4.85. The molecule has 1 atom stereocenters. The molecule has 1 amide bonds. The topological polar surface area (TPSA) is 110 Å². The Kier molecular flexibility index (Phi) is 4.78. The third kappa shape index (κ3) is 3.20. The van der Waals surface area contributed by atoms with Gasteiger partial charge in [-0.25, -0.2) is 9.59 Å². The van der Waals surface area contributed by atoms with Gasteiger partial charge in [0.05, 0.1) is 23.6 Å². The molecule has 3 aromatic rings. The Hall–Kier alpha value is -3.09. The molecule has 0 aliphatic rings. The second kappa shape index (κ2) is 6.90. The summed E-state index contributed by atoms with van der Waals surface area (Å²) in [7, 11) is 0. The minimum Gasteiger partial charge on any atom is -0.480 e. The van der Waals surface area contributed by atoms with Crippen molar-refractivity contribution in [2.24, 2.45) is 0 Å². The Balaban J connectivity index is 2.10. The molecule has 7 heteroatoms. The largest absolute Gasteiger partial charge is 0.480 e. The number of carbonyl (C=O) groups is 2. The van der Waals surface area contributed by atoms with E-state index >= 15 is 0 Å². The van der Waals surface area contributed by atoms with Gasteiger partial charge >= 0.3 is 11.6 Å². The zero-order valence-corrected chi connectivity index (χ0v) is 15.6. The van der Waals surface area contributed by atoms with Gasteiger partial charge in [-0.15, -0.1) is 0 Å². The predicted molar refractivity (Wildman–Crippen MR) is 100 cm³/mol. The lowest BCUT2D eigenvalue weighted by atomic mass is 9.98. The molecule has 0 saturated heterocycles. The molecule has 0 aliphatic carbocycles. The second-order valence-corrected chi connectivity index (χ2v) is 6.73. The zero-order chi connectivity index (χ0) is 19.9. The fourth-order valence-electron chi connectivity index (χ4n) is 3.42. The molecule has 0 fully saturated rings. The zero-order valence-electron chi connectivity index (χ0n) is 15.6. The quantitative estimate of drug-likeness (QED) is 0.667. The minimum atomic E-state index is -1.11. The number of aliphatic carboxylic acids is 1. The van der Waals surface area contributed by atoms with E-state index < -0.39 is 23.5 Å². The molecule has 1 aromatic carbocycles. The number of carboxylic acid groups (broad SMARTS) is 1. The van der Waals surface area contributed by atoms with Crippen molar-refractivity contribution >= 4 is 33.8 Å². The SMILES string of the molecule is CC[C@@H](NC(=O)Cc1c(C)c2c(cc(C)c3c(C)coc32)oc1=O)C(=O)O. The van der Waals surface area contributed by atoms with Gasteiger partial charge in [-0.1, -0.05) is 6.92 Å². The number of fused-ring (bicyclic) bond motifs is 3. The van der Waals surface area contributed by atoms with E-state index in [9.17, 15) is 14.4 Å². The van der Waals surface area contributed by atoms with Gasteiger partial charge in [0, 0.05) is 5.39 Å². The van der Waals surface area contributed by atoms with Crippen LogP contribution < -0.4 is 10.9 Å². The number of rotatable bonds is 5. The molecule has 0 radical (unpaired) electrons. The number of hydrogen-bond acceptors (Lipinski definition) is 5. The monoisotopic (exact) mass is 371 g/mol. The fourth-order valence-corrected chi connectivity index (χ4v) is 3.42. The van der Waals surface area contributed by atoms with E-state index in [4.69, 9.17) is 13.9 Å². The first-order chi connectivity index (χ1) is 12.7. The van der Waals surface area contributed by atoms with Crippen molar-refractivity contribution in [1.29, 1.82) is 0 Å². The average molecular weight is 371 g/mol. The molecule has 3 rings (SSSR count). The maximum Gasteiger partial charge on any atom is 0.340 e. The van der Waals surface area contributed by atoms with Crippen molar-refractivity contribution in [1.82, 2.24) is 5.32 Å². The van der Waals surface area contributed by atoms with Gasteiger partial charge in [-0.3, -0.25) is 4.79 Å². The van der Waals surface area contributed by atoms with E-state index in [0.29, 0.717) is 22.1 Å². The van der Waals surface area contributed by atoms with E-state index in [2.05, 4.69) is 5.32 Å². The first kappa shape index (κ1) is 18.7. The number of carboxylic acids is 1. The highest BCUT2D eigenvalue weighted by atomic mass is 16.4. The maximum atomic E-state index is 12.4. The molecule has 2 heterocycles. The molecule has 2 aromatic heterocycles. The van der Waals surface area contributed by atoms with Crippen molar-refractivity contribution in [3.63, 3.8) is 0 Å². The second-order valence-electron chi connectivity index (χ2n) is 6.73. The van der Waals surface area contributed by atoms with Crippen LogP contribution in [0.15, 0.2) is 26.0 Å². The Labute approximate surface area is 155 Å². The van der Waals surface area contributed by atoms with E-state index in [1.54, 1.807) is 26.2 Å². The number of aryl methyl sites for hydroxylation is 3. The van der Waals surface area contributed by atoms with Gasteiger partial charge in [0.15, 0.2) is 0 Å². The summed E-state index contributed by atoms with van der Waals surface area (Å²) in [6.07, 6.45) is 1.63. The van der Waals surface area contributed by atoms with Crippen LogP contribution >= 0.6 is 0 Å². The molecule has 0 saturated carbocycles. The maximum absolute atomic E-state index is 12.4. The normalized spacial score (nSPS) is 12.4. The molecule has 7 nitrogen and oxygen atoms in total. The fraction of sp³-hybridized carbons (Fsp3) is 0.350. The summed E-state index contributed by atoms with van der Waals surface area (Å²) in [5.74, 6) is -1.66. The molecule has 0 aliphatic heterocycles. The van der Waals surface area contributed by atoms with E-state index in [0.717, 1.165) is 16.5 Å². The lowest BCUT2D eigenvalue weighted by Gasteiger charge is -2.13. The number of benzene rings is 1. The molecule has 2 N–H and O–H groups in total. The lowest BCUT2D eigenvalue weighted by Crippen LogP contribution is -2.41. The number of amides is 1. The van der Waals surface area contributed by atoms with Crippen molar-refractivity contribution in [3.05, 3.63) is 45.0 Å². The summed E-state index contributed by atoms with van der Waals surface area (Å²) >= 11 is 0. The first-order valence-electron chi connectivity index (χ1n) is 8.70. The Morgan fingerprint density at radius 1 is 1.19 bits per heavy atom. The summed E-state index contributed by atoms with van der Waals surface area (Å²) in [5.41, 5.74) is 3.10. The van der Waals surface area contributed by atoms with Crippen molar-refractivity contribution in [2.75, 3.05) is 0 Å². The highest BCUT2D eigenvalue weighted by Gasteiger charge is 2.22. The molecule has 27 heavy (non-hydrogen) atoms. The average Bonchev–Trinajstić information content (AvgIpc) is 2.98. The van der Waals surface area contributed by atoms with Crippen LogP contribution in [0.4, 0.5) is 0 Å². The number of carbonyl (C=O) groups excluding carboxylic acids is 1. The Morgan fingerprint density at radius 2 is 1.89 bits per heavy atom. The molecule has 0 bridgehead atoms. The minimum absolute atomic E-state index is 0.194. The summed E-state index contributed by atoms with van der Waals surface area (Å²) < 4.78 is 11.1. The van der Waals surface area contributed by atoms with E-state index in [1.165, 1.54) is 0 Å². The van der Waals surface area contributed by atoms with E-state index in [1.807, 2.05) is 13.8 Å². The highest BCUT2D eigenvalue weighted by Crippen LogP contribution is 2.34. The summed E-state index contributed by atoms with van der Waals surface area (Å²) in [6, 6.07) is 0.795. The highest BCUT2D eigenvalue weighted by molar-refractivity contribution is 6.07. The number of nitrogens with one attached hydrogen (secondary N) is 1. The van der Waals surface area contributed by atoms with Gasteiger partial charge in [0.25, 0.3) is 0 Å². The van der Waals surface area contributed by atoms with Crippen LogP contribution in [0, 0.1) is 20.8 Å². The summed E-state index contributed by atoms with van der Waals surface area (Å²) in [6.45, 7) is 7.25. The smallest absolute Gasteiger partial charge is 0.340 e. The van der Waals surface area contributed by atoms with Crippen molar-refractivity contribution in [3.8, 4) is 0 Å². The molecule has 142 valence electrons. The van der Waals surface area contributed by atoms with Gasteiger partial charge in [-0.05, 0) is 49.9 Å². The van der Waals surface area contributed by atoms with Crippen molar-refractivity contribution < 1.29 is 23.5 Å². The third-order valence-electron chi connectivity index (χ3n) is 4.85. The summed E-state index contributed by atoms with van der Waals surface area (Å²) in [4.78, 5) is 35.8.